The van der Waals surface area contributed by atoms with Gasteiger partial charge in [-0.05, 0) is 6.92 Å². The van der Waals surface area contributed by atoms with E-state index in [4.69, 9.17) is 4.74 Å². The lowest BCUT2D eigenvalue weighted by Crippen LogP contribution is -2.11. The van der Waals surface area contributed by atoms with Crippen LogP contribution < -0.4 is 0 Å². The Hall–Kier alpha value is -1.84. The van der Waals surface area contributed by atoms with Crippen LogP contribution in [0.2, 0.25) is 0 Å². The van der Waals surface area contributed by atoms with Crippen LogP contribution in [0.5, 0.6) is 0 Å². The number of carbonyl (C=O) groups excluding carboxylic acids is 1. The maximum Gasteiger partial charge on any atom is 0.311 e. The molecule has 0 fully saturated rings. The van der Waals surface area contributed by atoms with Crippen molar-refractivity contribution in [3.05, 3.63) is 41.4 Å². The summed E-state index contributed by atoms with van der Waals surface area (Å²) in [5, 5.41) is 11.6. The van der Waals surface area contributed by atoms with E-state index in [1.54, 1.807) is 34.9 Å². The van der Waals surface area contributed by atoms with Crippen LogP contribution >= 0.6 is 34.9 Å². The van der Waals surface area contributed by atoms with Crippen molar-refractivity contribution < 1.29 is 9.53 Å². The summed E-state index contributed by atoms with van der Waals surface area (Å²) in [4.78, 5) is 16.1. The Bertz CT molecular complexity index is 926. The Morgan fingerprint density at radius 1 is 1.33 bits per heavy atom. The molecular weight excluding hydrogens is 400 g/mol. The van der Waals surface area contributed by atoms with Crippen molar-refractivity contribution in [1.82, 2.24) is 19.7 Å². The highest BCUT2D eigenvalue weighted by atomic mass is 32.2. The highest BCUT2D eigenvalue weighted by molar-refractivity contribution is 8.01. The van der Waals surface area contributed by atoms with Crippen molar-refractivity contribution in [3.63, 3.8) is 0 Å². The first-order valence-corrected chi connectivity index (χ1v) is 11.5. The molecule has 3 heterocycles. The molecule has 0 bridgehead atoms. The minimum Gasteiger partial charge on any atom is -0.466 e. The number of thioether (sulfide) groups is 2. The smallest absolute Gasteiger partial charge is 0.311 e. The predicted octanol–water partition coefficient (Wildman–Crippen LogP) is 3.95. The molecule has 0 aliphatic carbocycles. The van der Waals surface area contributed by atoms with Gasteiger partial charge in [0.2, 0.25) is 0 Å². The van der Waals surface area contributed by atoms with Crippen LogP contribution in [0.3, 0.4) is 0 Å². The first-order valence-electron chi connectivity index (χ1n) is 8.60. The summed E-state index contributed by atoms with van der Waals surface area (Å²) in [6, 6.07) is 10.5. The lowest BCUT2D eigenvalue weighted by atomic mass is 10.2. The van der Waals surface area contributed by atoms with Crippen LogP contribution in [0.4, 0.5) is 0 Å². The molecule has 3 aromatic rings. The molecule has 27 heavy (non-hydrogen) atoms. The standard InChI is InChI=1S/C18H18N4O2S3/c1-2-24-15(23)8-13-9-26-18(19-13)27-11-14-10-25-17-21-20-16(22(14)17)12-6-4-3-5-7-12/h3-7,9,14H,2,8,10-11H2,1H3/t14-/m1/s1. The number of ether oxygens (including phenoxy) is 1. The van der Waals surface area contributed by atoms with E-state index in [0.717, 1.165) is 38.1 Å². The zero-order valence-corrected chi connectivity index (χ0v) is 17.1. The fraction of sp³-hybridized carbons (Fsp3) is 0.333. The van der Waals surface area contributed by atoms with Gasteiger partial charge in [0.25, 0.3) is 0 Å². The zero-order chi connectivity index (χ0) is 18.6. The van der Waals surface area contributed by atoms with Gasteiger partial charge in [0, 0.05) is 22.4 Å². The lowest BCUT2D eigenvalue weighted by Gasteiger charge is -2.13. The largest absolute Gasteiger partial charge is 0.466 e. The molecule has 0 unspecified atom stereocenters. The number of aromatic nitrogens is 4. The summed E-state index contributed by atoms with van der Waals surface area (Å²) < 4.78 is 8.19. The van der Waals surface area contributed by atoms with Crippen molar-refractivity contribution in [2.24, 2.45) is 0 Å². The third-order valence-corrected chi connectivity index (χ3v) is 7.33. The van der Waals surface area contributed by atoms with Crippen molar-refractivity contribution in [2.75, 3.05) is 18.1 Å². The molecule has 0 N–H and O–H groups in total. The van der Waals surface area contributed by atoms with E-state index in [1.807, 2.05) is 30.5 Å². The predicted molar refractivity (Wildman–Crippen MR) is 108 cm³/mol. The summed E-state index contributed by atoms with van der Waals surface area (Å²) in [7, 11) is 0. The van der Waals surface area contributed by atoms with E-state index in [1.165, 1.54) is 0 Å². The van der Waals surface area contributed by atoms with Crippen LogP contribution in [0, 0.1) is 0 Å². The van der Waals surface area contributed by atoms with E-state index in [-0.39, 0.29) is 12.4 Å². The van der Waals surface area contributed by atoms with Gasteiger partial charge in [-0.3, -0.25) is 9.36 Å². The molecule has 1 aromatic carbocycles. The van der Waals surface area contributed by atoms with Gasteiger partial charge >= 0.3 is 5.97 Å². The van der Waals surface area contributed by atoms with E-state index in [2.05, 4.69) is 31.9 Å². The number of thiazole rings is 1. The Labute approximate surface area is 169 Å². The van der Waals surface area contributed by atoms with Crippen molar-refractivity contribution in [2.45, 2.75) is 28.9 Å². The third-order valence-electron chi connectivity index (χ3n) is 4.03. The molecule has 0 spiro atoms. The molecule has 1 atom stereocenters. The Morgan fingerprint density at radius 2 is 2.19 bits per heavy atom. The van der Waals surface area contributed by atoms with Crippen molar-refractivity contribution in [1.29, 1.82) is 0 Å². The van der Waals surface area contributed by atoms with Crippen molar-refractivity contribution >= 4 is 40.8 Å². The minimum atomic E-state index is -0.229. The van der Waals surface area contributed by atoms with Gasteiger partial charge in [-0.15, -0.1) is 21.5 Å². The third kappa shape index (κ3) is 4.20. The molecule has 2 aromatic heterocycles. The monoisotopic (exact) mass is 418 g/mol. The second kappa shape index (κ2) is 8.45. The molecule has 0 radical (unpaired) electrons. The number of benzene rings is 1. The fourth-order valence-corrected chi connectivity index (χ4v) is 6.00. The highest BCUT2D eigenvalue weighted by Crippen LogP contribution is 2.39. The molecule has 0 saturated heterocycles. The number of hydrogen-bond acceptors (Lipinski definition) is 8. The van der Waals surface area contributed by atoms with Crippen LogP contribution in [-0.4, -0.2) is 43.8 Å². The number of fused-ring (bicyclic) bond motifs is 1. The molecule has 0 amide bonds. The van der Waals surface area contributed by atoms with E-state index >= 15 is 0 Å². The highest BCUT2D eigenvalue weighted by Gasteiger charge is 2.28. The SMILES string of the molecule is CCOC(=O)Cc1csc(SC[C@H]2CSc3nnc(-c4ccccc4)n32)n1. The second-order valence-electron chi connectivity index (χ2n) is 5.90. The molecule has 140 valence electrons. The number of esters is 1. The van der Waals surface area contributed by atoms with Gasteiger partial charge in [-0.25, -0.2) is 4.98 Å². The first-order chi connectivity index (χ1) is 13.2. The topological polar surface area (TPSA) is 69.9 Å². The maximum atomic E-state index is 11.6. The average molecular weight is 419 g/mol. The first kappa shape index (κ1) is 18.5. The number of rotatable bonds is 7. The van der Waals surface area contributed by atoms with Crippen LogP contribution in [0.1, 0.15) is 18.7 Å². The van der Waals surface area contributed by atoms with E-state index < -0.39 is 0 Å². The summed E-state index contributed by atoms with van der Waals surface area (Å²) in [5.41, 5.74) is 1.86. The molecule has 1 aliphatic heterocycles. The Balaban J connectivity index is 1.42. The van der Waals surface area contributed by atoms with Crippen LogP contribution in [0.15, 0.2) is 45.2 Å². The van der Waals surface area contributed by atoms with Gasteiger partial charge in [0.05, 0.1) is 24.8 Å². The van der Waals surface area contributed by atoms with Gasteiger partial charge in [-0.1, -0.05) is 53.9 Å². The fourth-order valence-electron chi connectivity index (χ4n) is 2.82. The zero-order valence-electron chi connectivity index (χ0n) is 14.7. The molecule has 4 rings (SSSR count). The van der Waals surface area contributed by atoms with Gasteiger partial charge < -0.3 is 4.74 Å². The normalized spacial score (nSPS) is 15.7. The van der Waals surface area contributed by atoms with E-state index in [0.29, 0.717) is 12.6 Å². The minimum absolute atomic E-state index is 0.229. The van der Waals surface area contributed by atoms with E-state index in [9.17, 15) is 4.79 Å². The summed E-state index contributed by atoms with van der Waals surface area (Å²) >= 11 is 5.03. The summed E-state index contributed by atoms with van der Waals surface area (Å²) in [6.45, 7) is 2.21. The van der Waals surface area contributed by atoms with Crippen molar-refractivity contribution in [3.8, 4) is 11.4 Å². The van der Waals surface area contributed by atoms with Gasteiger partial charge in [0.1, 0.15) is 4.34 Å². The average Bonchev–Trinajstić information content (AvgIpc) is 3.38. The molecule has 1 aliphatic rings. The van der Waals surface area contributed by atoms with Gasteiger partial charge in [-0.2, -0.15) is 0 Å². The van der Waals surface area contributed by atoms with Gasteiger partial charge in [0.15, 0.2) is 11.0 Å². The lowest BCUT2D eigenvalue weighted by molar-refractivity contribution is -0.142. The summed E-state index contributed by atoms with van der Waals surface area (Å²) in [5.74, 6) is 2.57. The Morgan fingerprint density at radius 3 is 3.00 bits per heavy atom. The maximum absolute atomic E-state index is 11.6. The summed E-state index contributed by atoms with van der Waals surface area (Å²) in [6.07, 6.45) is 0.234. The quantitative estimate of drug-likeness (QED) is 0.425. The number of carbonyl (C=O) groups is 1. The molecule has 6 nitrogen and oxygen atoms in total. The number of nitrogens with zero attached hydrogens (tertiary/aromatic N) is 4. The van der Waals surface area contributed by atoms with Crippen LogP contribution in [0.25, 0.3) is 11.4 Å². The Kier molecular flexibility index (Phi) is 5.80. The molecule has 9 heteroatoms. The number of hydrogen-bond donors (Lipinski definition) is 0. The molecular formula is C18H18N4O2S3. The second-order valence-corrected chi connectivity index (χ2v) is 9.02. The van der Waals surface area contributed by atoms with Crippen LogP contribution in [-0.2, 0) is 16.0 Å². The molecule has 0 saturated carbocycles.